The number of nitrogens with zero attached hydrogens (tertiary/aromatic N) is 2. The van der Waals surface area contributed by atoms with E-state index in [2.05, 4.69) is 14.6 Å². The highest BCUT2D eigenvalue weighted by Gasteiger charge is 2.23. The number of sulfone groups is 1. The molecule has 19 heavy (non-hydrogen) atoms. The van der Waals surface area contributed by atoms with E-state index in [0.29, 0.717) is 11.5 Å². The van der Waals surface area contributed by atoms with Crippen LogP contribution in [0.4, 0.5) is 10.8 Å². The summed E-state index contributed by atoms with van der Waals surface area (Å²) in [7, 11) is -3.32. The van der Waals surface area contributed by atoms with E-state index in [1.165, 1.54) is 12.8 Å². The first kappa shape index (κ1) is 14.5. The van der Waals surface area contributed by atoms with Crippen molar-refractivity contribution in [2.75, 3.05) is 43.0 Å². The molecule has 108 valence electrons. The van der Waals surface area contributed by atoms with Crippen molar-refractivity contribution in [3.63, 3.8) is 0 Å². The predicted molar refractivity (Wildman–Crippen MR) is 78.4 cm³/mol. The van der Waals surface area contributed by atoms with Gasteiger partial charge in [0.2, 0.25) is 0 Å². The standard InChI is InChI=1S/C11H20N4O2S2/c1-2-19(16,17)9-10(12)14-18-11(9)13-5-8-15-6-3-4-7-15/h13H,2-8H2,1H3,(H2,12,14). The van der Waals surface area contributed by atoms with Crippen molar-refractivity contribution >= 4 is 32.2 Å². The minimum Gasteiger partial charge on any atom is -0.382 e. The van der Waals surface area contributed by atoms with E-state index >= 15 is 0 Å². The molecule has 6 nitrogen and oxygen atoms in total. The average Bonchev–Trinajstić information content (AvgIpc) is 3.00. The van der Waals surface area contributed by atoms with Gasteiger partial charge in [0.1, 0.15) is 9.90 Å². The number of hydrogen-bond donors (Lipinski definition) is 2. The van der Waals surface area contributed by atoms with E-state index in [9.17, 15) is 8.42 Å². The maximum Gasteiger partial charge on any atom is 0.184 e. The summed E-state index contributed by atoms with van der Waals surface area (Å²) in [4.78, 5) is 2.53. The molecule has 1 aromatic rings. The van der Waals surface area contributed by atoms with Gasteiger partial charge in [-0.05, 0) is 37.5 Å². The van der Waals surface area contributed by atoms with E-state index in [1.807, 2.05) is 0 Å². The summed E-state index contributed by atoms with van der Waals surface area (Å²) in [5.74, 6) is 0.145. The van der Waals surface area contributed by atoms with E-state index in [0.717, 1.165) is 31.2 Å². The van der Waals surface area contributed by atoms with Crippen LogP contribution in [0.15, 0.2) is 4.90 Å². The van der Waals surface area contributed by atoms with Gasteiger partial charge in [0.25, 0.3) is 0 Å². The smallest absolute Gasteiger partial charge is 0.184 e. The topological polar surface area (TPSA) is 88.3 Å². The fourth-order valence-electron chi connectivity index (χ4n) is 2.19. The molecular formula is C11H20N4O2S2. The molecule has 0 unspecified atom stereocenters. The molecule has 1 aliphatic rings. The third-order valence-corrected chi connectivity index (χ3v) is 6.02. The van der Waals surface area contributed by atoms with Crippen LogP contribution in [0.3, 0.4) is 0 Å². The average molecular weight is 304 g/mol. The van der Waals surface area contributed by atoms with Crippen LogP contribution >= 0.6 is 11.5 Å². The number of aromatic nitrogens is 1. The SMILES string of the molecule is CCS(=O)(=O)c1c(N)nsc1NCCN1CCCC1. The number of nitrogens with two attached hydrogens (primary N) is 1. The van der Waals surface area contributed by atoms with Gasteiger partial charge in [-0.25, -0.2) is 8.42 Å². The highest BCUT2D eigenvalue weighted by atomic mass is 32.2. The third-order valence-electron chi connectivity index (χ3n) is 3.28. The Kier molecular flexibility index (Phi) is 4.64. The fraction of sp³-hybridized carbons (Fsp3) is 0.727. The highest BCUT2D eigenvalue weighted by molar-refractivity contribution is 7.91. The van der Waals surface area contributed by atoms with Crippen LogP contribution in [0.2, 0.25) is 0 Å². The van der Waals surface area contributed by atoms with Crippen molar-refractivity contribution in [2.45, 2.75) is 24.7 Å². The Morgan fingerprint density at radius 3 is 2.74 bits per heavy atom. The molecule has 2 heterocycles. The van der Waals surface area contributed by atoms with E-state index in [1.54, 1.807) is 6.92 Å². The molecule has 0 atom stereocenters. The Labute approximate surface area is 118 Å². The van der Waals surface area contributed by atoms with Crippen molar-refractivity contribution in [2.24, 2.45) is 0 Å². The monoisotopic (exact) mass is 304 g/mol. The summed E-state index contributed by atoms with van der Waals surface area (Å²) in [5, 5.41) is 3.72. The fourth-order valence-corrected chi connectivity index (χ4v) is 4.38. The minimum absolute atomic E-state index is 0.0381. The second-order valence-corrected chi connectivity index (χ2v) is 7.59. The number of likely N-dealkylation sites (tertiary alicyclic amines) is 1. The quantitative estimate of drug-likeness (QED) is 0.816. The van der Waals surface area contributed by atoms with Crippen molar-refractivity contribution in [3.05, 3.63) is 0 Å². The molecule has 0 aliphatic carbocycles. The number of rotatable bonds is 6. The Bertz CT molecular complexity index is 521. The van der Waals surface area contributed by atoms with Crippen LogP contribution in [0, 0.1) is 0 Å². The molecule has 0 amide bonds. The lowest BCUT2D eigenvalue weighted by molar-refractivity contribution is 0.353. The van der Waals surface area contributed by atoms with Crippen LogP contribution in [0.25, 0.3) is 0 Å². The first-order valence-electron chi connectivity index (χ1n) is 6.48. The molecule has 1 fully saturated rings. The number of hydrogen-bond acceptors (Lipinski definition) is 7. The van der Waals surface area contributed by atoms with Gasteiger partial charge in [-0.3, -0.25) is 0 Å². The van der Waals surface area contributed by atoms with Crippen molar-refractivity contribution in [3.8, 4) is 0 Å². The summed E-state index contributed by atoms with van der Waals surface area (Å²) < 4.78 is 27.9. The van der Waals surface area contributed by atoms with Gasteiger partial charge in [0, 0.05) is 13.1 Å². The predicted octanol–water partition coefficient (Wildman–Crippen LogP) is 1.03. The van der Waals surface area contributed by atoms with Crippen molar-refractivity contribution in [1.29, 1.82) is 0 Å². The first-order chi connectivity index (χ1) is 9.04. The number of nitrogen functional groups attached to an aromatic ring is 1. The molecular weight excluding hydrogens is 284 g/mol. The molecule has 3 N–H and O–H groups in total. The number of nitrogens with one attached hydrogen (secondary N) is 1. The molecule has 1 aliphatic heterocycles. The molecule has 1 aromatic heterocycles. The third kappa shape index (κ3) is 3.37. The van der Waals surface area contributed by atoms with Gasteiger partial charge in [0.15, 0.2) is 15.7 Å². The second kappa shape index (κ2) is 6.06. The molecule has 8 heteroatoms. The lowest BCUT2D eigenvalue weighted by atomic mass is 10.4. The summed E-state index contributed by atoms with van der Waals surface area (Å²) in [6.07, 6.45) is 2.51. The largest absolute Gasteiger partial charge is 0.382 e. The van der Waals surface area contributed by atoms with Gasteiger partial charge in [-0.1, -0.05) is 6.92 Å². The van der Waals surface area contributed by atoms with Crippen molar-refractivity contribution < 1.29 is 8.42 Å². The van der Waals surface area contributed by atoms with Crippen LogP contribution in [-0.4, -0.2) is 49.6 Å². The first-order valence-corrected chi connectivity index (χ1v) is 8.91. The highest BCUT2D eigenvalue weighted by Crippen LogP contribution is 2.32. The number of anilines is 2. The summed E-state index contributed by atoms with van der Waals surface area (Å²) in [6.45, 7) is 5.51. The Morgan fingerprint density at radius 1 is 1.42 bits per heavy atom. The van der Waals surface area contributed by atoms with Crippen LogP contribution < -0.4 is 11.1 Å². The van der Waals surface area contributed by atoms with E-state index < -0.39 is 9.84 Å². The molecule has 2 rings (SSSR count). The van der Waals surface area contributed by atoms with Gasteiger partial charge < -0.3 is 16.0 Å². The zero-order chi connectivity index (χ0) is 13.9. The van der Waals surface area contributed by atoms with Gasteiger partial charge in [-0.2, -0.15) is 4.37 Å². The maximum absolute atomic E-state index is 12.0. The Hall–Kier alpha value is -0.860. The Balaban J connectivity index is 2.00. The van der Waals surface area contributed by atoms with Crippen molar-refractivity contribution in [1.82, 2.24) is 9.27 Å². The molecule has 0 spiro atoms. The molecule has 1 saturated heterocycles. The van der Waals surface area contributed by atoms with E-state index in [-0.39, 0.29) is 16.5 Å². The minimum atomic E-state index is -3.32. The summed E-state index contributed by atoms with van der Waals surface area (Å²) in [5.41, 5.74) is 5.67. The second-order valence-electron chi connectivity index (χ2n) is 4.61. The summed E-state index contributed by atoms with van der Waals surface area (Å²) >= 11 is 1.12. The molecule has 0 radical (unpaired) electrons. The zero-order valence-corrected chi connectivity index (χ0v) is 12.7. The van der Waals surface area contributed by atoms with Gasteiger partial charge in [-0.15, -0.1) is 0 Å². The van der Waals surface area contributed by atoms with Crippen LogP contribution in [-0.2, 0) is 9.84 Å². The molecule has 0 bridgehead atoms. The lowest BCUT2D eigenvalue weighted by Crippen LogP contribution is -2.26. The zero-order valence-electron chi connectivity index (χ0n) is 11.1. The van der Waals surface area contributed by atoms with Gasteiger partial charge in [0.05, 0.1) is 5.75 Å². The van der Waals surface area contributed by atoms with Crippen LogP contribution in [0.5, 0.6) is 0 Å². The van der Waals surface area contributed by atoms with E-state index in [4.69, 9.17) is 5.73 Å². The Morgan fingerprint density at radius 2 is 2.11 bits per heavy atom. The maximum atomic E-state index is 12.0. The summed E-state index contributed by atoms with van der Waals surface area (Å²) in [6, 6.07) is 0. The molecule has 0 aromatic carbocycles. The normalized spacial score (nSPS) is 16.9. The molecule has 0 saturated carbocycles. The van der Waals surface area contributed by atoms with Gasteiger partial charge >= 0.3 is 0 Å². The lowest BCUT2D eigenvalue weighted by Gasteiger charge is -2.15. The van der Waals surface area contributed by atoms with Crippen LogP contribution in [0.1, 0.15) is 19.8 Å².